The summed E-state index contributed by atoms with van der Waals surface area (Å²) in [6, 6.07) is 13.5. The molecular formula is C25H30N2O4. The second kappa shape index (κ2) is 9.77. The molecule has 1 amide bonds. The molecule has 0 bridgehead atoms. The van der Waals surface area contributed by atoms with Gasteiger partial charge in [-0.1, -0.05) is 6.07 Å². The fraction of sp³-hybridized carbons (Fsp3) is 0.400. The molecule has 0 atom stereocenters. The van der Waals surface area contributed by atoms with Gasteiger partial charge in [0, 0.05) is 19.2 Å². The smallest absolute Gasteiger partial charge is 0.261 e. The van der Waals surface area contributed by atoms with E-state index in [2.05, 4.69) is 11.8 Å². The Morgan fingerprint density at radius 1 is 1.00 bits per heavy atom. The third-order valence-corrected chi connectivity index (χ3v) is 5.78. The van der Waals surface area contributed by atoms with E-state index in [4.69, 9.17) is 13.6 Å². The van der Waals surface area contributed by atoms with Gasteiger partial charge in [-0.15, -0.1) is 0 Å². The van der Waals surface area contributed by atoms with Crippen LogP contribution in [0.2, 0.25) is 0 Å². The zero-order chi connectivity index (χ0) is 21.6. The number of carbonyl (C=O) groups is 1. The molecule has 0 N–H and O–H groups in total. The fourth-order valence-electron chi connectivity index (χ4n) is 3.79. The van der Waals surface area contributed by atoms with Crippen molar-refractivity contribution in [3.05, 3.63) is 71.4 Å². The summed E-state index contributed by atoms with van der Waals surface area (Å²) >= 11 is 0. The summed E-state index contributed by atoms with van der Waals surface area (Å²) in [6.45, 7) is 6.81. The number of aryl methyl sites for hydroxylation is 2. The fourth-order valence-corrected chi connectivity index (χ4v) is 3.79. The molecule has 0 spiro atoms. The summed E-state index contributed by atoms with van der Waals surface area (Å²) in [5.74, 6) is 2.94. The van der Waals surface area contributed by atoms with E-state index in [0.717, 1.165) is 36.1 Å². The minimum atomic E-state index is -0.120. The normalized spacial score (nSPS) is 13.9. The Bertz CT molecular complexity index is 987. The minimum absolute atomic E-state index is 0.0388. The molecule has 0 unspecified atom stereocenters. The molecule has 6 nitrogen and oxygen atoms in total. The van der Waals surface area contributed by atoms with Gasteiger partial charge in [0.1, 0.15) is 17.3 Å². The second-order valence-electron chi connectivity index (χ2n) is 8.15. The Morgan fingerprint density at radius 3 is 2.55 bits per heavy atom. The van der Waals surface area contributed by atoms with Gasteiger partial charge in [0.2, 0.25) is 0 Å². The van der Waals surface area contributed by atoms with E-state index in [1.54, 1.807) is 11.2 Å². The molecule has 1 fully saturated rings. The van der Waals surface area contributed by atoms with Gasteiger partial charge in [0.15, 0.2) is 12.5 Å². The Kier molecular flexibility index (Phi) is 6.65. The Labute approximate surface area is 183 Å². The standard InChI is InChI=1S/C25H30N2O4/c1-19-8-9-21(15-20(19)2)30-18-24(28)27(16-22-7-6-14-29-22)17-23-10-11-25(31-23)26-12-4-3-5-13-26/h6-11,14-15H,3-5,12-13,16-18H2,1-2H3. The summed E-state index contributed by atoms with van der Waals surface area (Å²) < 4.78 is 17.3. The van der Waals surface area contributed by atoms with Gasteiger partial charge in [-0.25, -0.2) is 0 Å². The van der Waals surface area contributed by atoms with Crippen molar-refractivity contribution in [3.63, 3.8) is 0 Å². The maximum Gasteiger partial charge on any atom is 0.261 e. The molecule has 1 aliphatic heterocycles. The van der Waals surface area contributed by atoms with Crippen molar-refractivity contribution in [2.24, 2.45) is 0 Å². The average molecular weight is 423 g/mol. The van der Waals surface area contributed by atoms with Crippen LogP contribution in [0.5, 0.6) is 5.75 Å². The lowest BCUT2D eigenvalue weighted by atomic mass is 10.1. The van der Waals surface area contributed by atoms with Crippen molar-refractivity contribution >= 4 is 11.8 Å². The molecule has 31 heavy (non-hydrogen) atoms. The maximum absolute atomic E-state index is 13.0. The summed E-state index contributed by atoms with van der Waals surface area (Å²) in [7, 11) is 0. The monoisotopic (exact) mass is 422 g/mol. The third-order valence-electron chi connectivity index (χ3n) is 5.78. The lowest BCUT2D eigenvalue weighted by molar-refractivity contribution is -0.135. The molecule has 1 saturated heterocycles. The number of furan rings is 2. The van der Waals surface area contributed by atoms with Crippen LogP contribution in [-0.4, -0.2) is 30.5 Å². The van der Waals surface area contributed by atoms with E-state index in [1.165, 1.54) is 24.8 Å². The highest BCUT2D eigenvalue weighted by Crippen LogP contribution is 2.24. The number of ether oxygens (including phenoxy) is 1. The molecule has 0 aliphatic carbocycles. The second-order valence-corrected chi connectivity index (χ2v) is 8.15. The molecule has 2 aromatic heterocycles. The van der Waals surface area contributed by atoms with Crippen molar-refractivity contribution in [2.75, 3.05) is 24.6 Å². The summed E-state index contributed by atoms with van der Waals surface area (Å²) in [5.41, 5.74) is 2.33. The Hall–Kier alpha value is -3.15. The zero-order valence-electron chi connectivity index (χ0n) is 18.3. The number of anilines is 1. The van der Waals surface area contributed by atoms with Crippen molar-refractivity contribution in [2.45, 2.75) is 46.2 Å². The molecular weight excluding hydrogens is 392 g/mol. The van der Waals surface area contributed by atoms with E-state index in [9.17, 15) is 4.79 Å². The lowest BCUT2D eigenvalue weighted by Crippen LogP contribution is -2.34. The quantitative estimate of drug-likeness (QED) is 0.506. The number of rotatable bonds is 8. The van der Waals surface area contributed by atoms with Gasteiger partial charge in [0.05, 0.1) is 19.4 Å². The SMILES string of the molecule is Cc1ccc(OCC(=O)N(Cc2ccco2)Cc2ccc(N3CCCCC3)o2)cc1C. The van der Waals surface area contributed by atoms with E-state index >= 15 is 0 Å². The largest absolute Gasteiger partial charge is 0.484 e. The van der Waals surface area contributed by atoms with Gasteiger partial charge in [-0.3, -0.25) is 4.79 Å². The van der Waals surface area contributed by atoms with Crippen LogP contribution in [-0.2, 0) is 17.9 Å². The maximum atomic E-state index is 13.0. The number of amides is 1. The molecule has 0 radical (unpaired) electrons. The van der Waals surface area contributed by atoms with E-state index < -0.39 is 0 Å². The summed E-state index contributed by atoms with van der Waals surface area (Å²) in [5, 5.41) is 0. The Morgan fingerprint density at radius 2 is 1.81 bits per heavy atom. The first-order valence-corrected chi connectivity index (χ1v) is 10.9. The lowest BCUT2D eigenvalue weighted by Gasteiger charge is -2.26. The molecule has 6 heteroatoms. The van der Waals surface area contributed by atoms with Crippen LogP contribution in [0.1, 0.15) is 41.9 Å². The predicted octanol–water partition coefficient (Wildman–Crippen LogP) is 5.09. The first kappa shape index (κ1) is 21.1. The van der Waals surface area contributed by atoms with Gasteiger partial charge in [-0.05, 0) is 74.6 Å². The molecule has 1 aliphatic rings. The topological polar surface area (TPSA) is 59.1 Å². The van der Waals surface area contributed by atoms with Gasteiger partial charge >= 0.3 is 0 Å². The highest BCUT2D eigenvalue weighted by Gasteiger charge is 2.20. The van der Waals surface area contributed by atoms with Crippen LogP contribution in [0.15, 0.2) is 57.6 Å². The molecule has 3 aromatic rings. The number of hydrogen-bond acceptors (Lipinski definition) is 5. The van der Waals surface area contributed by atoms with Crippen LogP contribution in [0.3, 0.4) is 0 Å². The summed E-state index contributed by atoms with van der Waals surface area (Å²) in [6.07, 6.45) is 5.27. The third kappa shape index (κ3) is 5.51. The van der Waals surface area contributed by atoms with Gasteiger partial charge < -0.3 is 23.4 Å². The van der Waals surface area contributed by atoms with Crippen molar-refractivity contribution < 1.29 is 18.4 Å². The van der Waals surface area contributed by atoms with Crippen LogP contribution < -0.4 is 9.64 Å². The first-order valence-electron chi connectivity index (χ1n) is 10.9. The molecule has 164 valence electrons. The van der Waals surface area contributed by atoms with E-state index in [0.29, 0.717) is 18.8 Å². The average Bonchev–Trinajstić information content (AvgIpc) is 3.47. The van der Waals surface area contributed by atoms with E-state index in [1.807, 2.05) is 49.4 Å². The van der Waals surface area contributed by atoms with Gasteiger partial charge in [-0.2, -0.15) is 0 Å². The minimum Gasteiger partial charge on any atom is -0.484 e. The first-order chi connectivity index (χ1) is 15.1. The number of hydrogen-bond donors (Lipinski definition) is 0. The predicted molar refractivity (Wildman–Crippen MR) is 119 cm³/mol. The molecule has 0 saturated carbocycles. The zero-order valence-corrected chi connectivity index (χ0v) is 18.3. The van der Waals surface area contributed by atoms with Crippen LogP contribution >= 0.6 is 0 Å². The van der Waals surface area contributed by atoms with Crippen LogP contribution in [0.4, 0.5) is 5.88 Å². The van der Waals surface area contributed by atoms with Crippen molar-refractivity contribution in [1.29, 1.82) is 0 Å². The number of benzene rings is 1. The highest BCUT2D eigenvalue weighted by atomic mass is 16.5. The van der Waals surface area contributed by atoms with Crippen LogP contribution in [0.25, 0.3) is 0 Å². The molecule has 4 rings (SSSR count). The Balaban J connectivity index is 1.43. The van der Waals surface area contributed by atoms with Gasteiger partial charge in [0.25, 0.3) is 5.91 Å². The number of nitrogens with zero attached hydrogens (tertiary/aromatic N) is 2. The van der Waals surface area contributed by atoms with Crippen molar-refractivity contribution in [3.8, 4) is 5.75 Å². The summed E-state index contributed by atoms with van der Waals surface area (Å²) in [4.78, 5) is 17.0. The van der Waals surface area contributed by atoms with Crippen molar-refractivity contribution in [1.82, 2.24) is 4.90 Å². The van der Waals surface area contributed by atoms with E-state index in [-0.39, 0.29) is 12.5 Å². The molecule has 3 heterocycles. The van der Waals surface area contributed by atoms with Crippen LogP contribution in [0, 0.1) is 13.8 Å². The molecule has 1 aromatic carbocycles. The number of carbonyl (C=O) groups excluding carboxylic acids is 1. The number of piperidine rings is 1. The highest BCUT2D eigenvalue weighted by molar-refractivity contribution is 5.77.